The normalized spacial score (nSPS) is 39.9. The number of rotatable bonds is 4. The summed E-state index contributed by atoms with van der Waals surface area (Å²) in [4.78, 5) is 3.06. The summed E-state index contributed by atoms with van der Waals surface area (Å²) >= 11 is 2.00. The molecule has 4 fully saturated rings. The molecule has 0 amide bonds. The van der Waals surface area contributed by atoms with Crippen LogP contribution in [0.5, 0.6) is 0 Å². The summed E-state index contributed by atoms with van der Waals surface area (Å²) in [5.41, 5.74) is 0. The molecule has 1 aromatic rings. The molecule has 104 valence electrons. The van der Waals surface area contributed by atoms with Gasteiger partial charge in [-0.05, 0) is 74.3 Å². The van der Waals surface area contributed by atoms with E-state index in [1.807, 2.05) is 11.3 Å². The summed E-state index contributed by atoms with van der Waals surface area (Å²) in [6.07, 6.45) is 8.84. The van der Waals surface area contributed by atoms with Crippen LogP contribution in [0.4, 0.5) is 0 Å². The van der Waals surface area contributed by atoms with Gasteiger partial charge in [0, 0.05) is 22.3 Å². The van der Waals surface area contributed by atoms with Crippen LogP contribution in [0.2, 0.25) is 0 Å². The van der Waals surface area contributed by atoms with Crippen LogP contribution in [0.1, 0.15) is 48.8 Å². The summed E-state index contributed by atoms with van der Waals surface area (Å²) in [5, 5.41) is 3.93. The topological polar surface area (TPSA) is 12.0 Å². The van der Waals surface area contributed by atoms with E-state index in [0.29, 0.717) is 0 Å². The Labute approximate surface area is 120 Å². The number of hydrogen-bond donors (Lipinski definition) is 1. The number of nitrogens with one attached hydrogen (secondary N) is 1. The van der Waals surface area contributed by atoms with E-state index in [1.165, 1.54) is 41.9 Å². The van der Waals surface area contributed by atoms with E-state index in [4.69, 9.17) is 0 Å². The van der Waals surface area contributed by atoms with Gasteiger partial charge < -0.3 is 5.32 Å². The van der Waals surface area contributed by atoms with Gasteiger partial charge in [-0.15, -0.1) is 11.3 Å². The van der Waals surface area contributed by atoms with Gasteiger partial charge in [0.05, 0.1) is 0 Å². The SMILES string of the molecule is CCc1ccc(CNC2C3CC4CC(C3)CC2C4)s1. The van der Waals surface area contributed by atoms with Crippen LogP contribution in [0, 0.1) is 23.7 Å². The summed E-state index contributed by atoms with van der Waals surface area (Å²) in [6, 6.07) is 5.46. The second-order valence-corrected chi connectivity index (χ2v) is 8.31. The minimum absolute atomic E-state index is 0.833. The molecule has 19 heavy (non-hydrogen) atoms. The van der Waals surface area contributed by atoms with Crippen molar-refractivity contribution in [2.24, 2.45) is 23.7 Å². The van der Waals surface area contributed by atoms with Crippen molar-refractivity contribution < 1.29 is 0 Å². The fourth-order valence-corrected chi connectivity index (χ4v) is 6.09. The maximum absolute atomic E-state index is 3.93. The Balaban J connectivity index is 1.40. The molecule has 0 aromatic carbocycles. The smallest absolute Gasteiger partial charge is 0.0302 e. The van der Waals surface area contributed by atoms with Gasteiger partial charge in [-0.1, -0.05) is 6.92 Å². The monoisotopic (exact) mass is 275 g/mol. The van der Waals surface area contributed by atoms with Crippen LogP contribution in [-0.4, -0.2) is 6.04 Å². The summed E-state index contributed by atoms with van der Waals surface area (Å²) in [7, 11) is 0. The molecule has 1 heterocycles. The van der Waals surface area contributed by atoms with Gasteiger partial charge in [0.1, 0.15) is 0 Å². The average Bonchev–Trinajstić information content (AvgIpc) is 2.85. The summed E-state index contributed by atoms with van der Waals surface area (Å²) < 4.78 is 0. The average molecular weight is 275 g/mol. The highest BCUT2D eigenvalue weighted by molar-refractivity contribution is 7.11. The molecule has 0 atom stereocenters. The number of thiophene rings is 1. The van der Waals surface area contributed by atoms with E-state index in [2.05, 4.69) is 24.4 Å². The third kappa shape index (κ3) is 2.27. The predicted octanol–water partition coefficient (Wildman–Crippen LogP) is 4.22. The van der Waals surface area contributed by atoms with Gasteiger partial charge in [-0.25, -0.2) is 0 Å². The van der Waals surface area contributed by atoms with Crippen molar-refractivity contribution in [3.8, 4) is 0 Å². The molecule has 4 bridgehead atoms. The highest BCUT2D eigenvalue weighted by atomic mass is 32.1. The first-order valence-corrected chi connectivity index (χ1v) is 8.94. The van der Waals surface area contributed by atoms with Crippen LogP contribution in [0.15, 0.2) is 12.1 Å². The van der Waals surface area contributed by atoms with Gasteiger partial charge in [-0.2, -0.15) is 0 Å². The molecule has 5 rings (SSSR count). The van der Waals surface area contributed by atoms with Crippen molar-refractivity contribution >= 4 is 11.3 Å². The van der Waals surface area contributed by atoms with Crippen molar-refractivity contribution in [1.82, 2.24) is 5.32 Å². The lowest BCUT2D eigenvalue weighted by atomic mass is 9.54. The maximum Gasteiger partial charge on any atom is 0.0302 e. The molecule has 4 aliphatic rings. The van der Waals surface area contributed by atoms with Crippen molar-refractivity contribution in [1.29, 1.82) is 0 Å². The third-order valence-electron chi connectivity index (χ3n) is 5.80. The van der Waals surface area contributed by atoms with Crippen molar-refractivity contribution in [2.75, 3.05) is 0 Å². The van der Waals surface area contributed by atoms with Crippen LogP contribution < -0.4 is 5.32 Å². The number of aryl methyl sites for hydroxylation is 1. The largest absolute Gasteiger partial charge is 0.309 e. The van der Waals surface area contributed by atoms with Crippen molar-refractivity contribution in [3.63, 3.8) is 0 Å². The van der Waals surface area contributed by atoms with E-state index in [0.717, 1.165) is 36.3 Å². The summed E-state index contributed by atoms with van der Waals surface area (Å²) in [6.45, 7) is 3.36. The molecule has 0 spiro atoms. The molecule has 1 N–H and O–H groups in total. The zero-order chi connectivity index (χ0) is 12.8. The molecule has 0 saturated heterocycles. The van der Waals surface area contributed by atoms with Crippen molar-refractivity contribution in [3.05, 3.63) is 21.9 Å². The van der Waals surface area contributed by atoms with E-state index in [9.17, 15) is 0 Å². The molecule has 4 saturated carbocycles. The zero-order valence-electron chi connectivity index (χ0n) is 11.9. The first-order chi connectivity index (χ1) is 9.31. The lowest BCUT2D eigenvalue weighted by Gasteiger charge is -2.54. The first-order valence-electron chi connectivity index (χ1n) is 8.12. The van der Waals surface area contributed by atoms with E-state index in [-0.39, 0.29) is 0 Å². The molecule has 4 aliphatic carbocycles. The van der Waals surface area contributed by atoms with Gasteiger partial charge in [0.25, 0.3) is 0 Å². The second kappa shape index (κ2) is 4.89. The zero-order valence-corrected chi connectivity index (χ0v) is 12.7. The molecular weight excluding hydrogens is 250 g/mol. The molecule has 0 radical (unpaired) electrons. The minimum Gasteiger partial charge on any atom is -0.309 e. The highest BCUT2D eigenvalue weighted by Crippen LogP contribution is 2.53. The summed E-state index contributed by atoms with van der Waals surface area (Å²) in [5.74, 6) is 4.19. The Bertz CT molecular complexity index is 422. The fourth-order valence-electron chi connectivity index (χ4n) is 5.18. The van der Waals surface area contributed by atoms with Gasteiger partial charge in [0.15, 0.2) is 0 Å². The Kier molecular flexibility index (Phi) is 3.19. The van der Waals surface area contributed by atoms with Crippen LogP contribution >= 0.6 is 11.3 Å². The van der Waals surface area contributed by atoms with E-state index >= 15 is 0 Å². The van der Waals surface area contributed by atoms with Gasteiger partial charge >= 0.3 is 0 Å². The lowest BCUT2D eigenvalue weighted by molar-refractivity contribution is -0.0141. The molecular formula is C17H25NS. The number of hydrogen-bond acceptors (Lipinski definition) is 2. The predicted molar refractivity (Wildman–Crippen MR) is 81.4 cm³/mol. The third-order valence-corrected chi connectivity index (χ3v) is 7.03. The first kappa shape index (κ1) is 12.4. The Morgan fingerprint density at radius 1 is 1.00 bits per heavy atom. The van der Waals surface area contributed by atoms with Crippen LogP contribution in [-0.2, 0) is 13.0 Å². The molecule has 2 heteroatoms. The minimum atomic E-state index is 0.833. The van der Waals surface area contributed by atoms with Gasteiger partial charge in [0.2, 0.25) is 0 Å². The Morgan fingerprint density at radius 2 is 1.63 bits per heavy atom. The van der Waals surface area contributed by atoms with E-state index in [1.54, 1.807) is 6.42 Å². The maximum atomic E-state index is 3.93. The van der Waals surface area contributed by atoms with Crippen LogP contribution in [0.25, 0.3) is 0 Å². The Morgan fingerprint density at radius 3 is 2.21 bits per heavy atom. The van der Waals surface area contributed by atoms with E-state index < -0.39 is 0 Å². The van der Waals surface area contributed by atoms with Crippen molar-refractivity contribution in [2.45, 2.75) is 58.0 Å². The van der Waals surface area contributed by atoms with Gasteiger partial charge in [-0.3, -0.25) is 0 Å². The lowest BCUT2D eigenvalue weighted by Crippen LogP contribution is -2.54. The molecule has 0 unspecified atom stereocenters. The van der Waals surface area contributed by atoms with Crippen LogP contribution in [0.3, 0.4) is 0 Å². The molecule has 1 aromatic heterocycles. The fraction of sp³-hybridized carbons (Fsp3) is 0.765. The standard InChI is InChI=1S/C17H25NS/c1-2-15-3-4-16(19-15)10-18-17-13-6-11-5-12(8-13)9-14(17)7-11/h3-4,11-14,17-18H,2,5-10H2,1H3. The highest BCUT2D eigenvalue weighted by Gasteiger charge is 2.47. The molecule has 0 aliphatic heterocycles. The Hall–Kier alpha value is -0.340. The second-order valence-electron chi connectivity index (χ2n) is 7.06. The molecule has 1 nitrogen and oxygen atoms in total. The quantitative estimate of drug-likeness (QED) is 0.867.